The number of aliphatic hydroxyl groups is 1. The van der Waals surface area contributed by atoms with Crippen molar-refractivity contribution in [3.05, 3.63) is 50.9 Å². The van der Waals surface area contributed by atoms with E-state index in [9.17, 15) is 5.11 Å². The van der Waals surface area contributed by atoms with E-state index < -0.39 is 0 Å². The third kappa shape index (κ3) is 2.49. The fourth-order valence-corrected chi connectivity index (χ4v) is 3.93. The molecule has 0 bridgehead atoms. The Balaban J connectivity index is 2.05. The van der Waals surface area contributed by atoms with Crippen molar-refractivity contribution >= 4 is 22.9 Å². The van der Waals surface area contributed by atoms with E-state index in [-0.39, 0.29) is 12.0 Å². The SMILES string of the molecule is OCc1csc(C2(c3ccc(Cl)cc3)CCOCC2)n1. The summed E-state index contributed by atoms with van der Waals surface area (Å²) in [4.78, 5) is 4.60. The first-order chi connectivity index (χ1) is 9.74. The molecule has 20 heavy (non-hydrogen) atoms. The number of thiazole rings is 1. The lowest BCUT2D eigenvalue weighted by Gasteiger charge is -2.36. The van der Waals surface area contributed by atoms with Gasteiger partial charge in [0.15, 0.2) is 0 Å². The van der Waals surface area contributed by atoms with Crippen LogP contribution in [0.15, 0.2) is 29.6 Å². The molecule has 0 saturated carbocycles. The van der Waals surface area contributed by atoms with Crippen LogP contribution in [-0.2, 0) is 16.8 Å². The Labute approximate surface area is 127 Å². The van der Waals surface area contributed by atoms with Crippen LogP contribution in [0.5, 0.6) is 0 Å². The lowest BCUT2D eigenvalue weighted by molar-refractivity contribution is 0.0629. The van der Waals surface area contributed by atoms with Gasteiger partial charge in [-0.25, -0.2) is 4.98 Å². The Morgan fingerprint density at radius 3 is 2.55 bits per heavy atom. The molecule has 3 rings (SSSR count). The summed E-state index contributed by atoms with van der Waals surface area (Å²) in [5.41, 5.74) is 1.86. The molecular weight excluding hydrogens is 294 g/mol. The van der Waals surface area contributed by atoms with Gasteiger partial charge in [0.2, 0.25) is 0 Å². The first kappa shape index (κ1) is 14.0. The average Bonchev–Trinajstić information content (AvgIpc) is 2.98. The van der Waals surface area contributed by atoms with E-state index in [0.717, 1.165) is 41.8 Å². The van der Waals surface area contributed by atoms with Crippen LogP contribution in [0.3, 0.4) is 0 Å². The number of aliphatic hydroxyl groups excluding tert-OH is 1. The summed E-state index contributed by atoms with van der Waals surface area (Å²) in [5.74, 6) is 0. The normalized spacial score (nSPS) is 18.1. The summed E-state index contributed by atoms with van der Waals surface area (Å²) < 4.78 is 5.53. The van der Waals surface area contributed by atoms with E-state index in [0.29, 0.717) is 0 Å². The lowest BCUT2D eigenvalue weighted by Crippen LogP contribution is -2.35. The van der Waals surface area contributed by atoms with Gasteiger partial charge >= 0.3 is 0 Å². The summed E-state index contributed by atoms with van der Waals surface area (Å²) >= 11 is 7.62. The van der Waals surface area contributed by atoms with Crippen LogP contribution in [0.25, 0.3) is 0 Å². The van der Waals surface area contributed by atoms with Gasteiger partial charge in [0, 0.05) is 23.6 Å². The van der Waals surface area contributed by atoms with E-state index in [4.69, 9.17) is 16.3 Å². The van der Waals surface area contributed by atoms with Crippen molar-refractivity contribution in [3.63, 3.8) is 0 Å². The van der Waals surface area contributed by atoms with Crippen LogP contribution in [0.4, 0.5) is 0 Å². The second-order valence-electron chi connectivity index (χ2n) is 5.00. The average molecular weight is 310 g/mol. The molecule has 1 fully saturated rings. The Kier molecular flexibility index (Phi) is 4.08. The van der Waals surface area contributed by atoms with Crippen molar-refractivity contribution in [2.45, 2.75) is 24.9 Å². The Hall–Kier alpha value is -0.940. The minimum atomic E-state index is -0.110. The van der Waals surface area contributed by atoms with E-state index in [1.165, 1.54) is 5.56 Å². The van der Waals surface area contributed by atoms with Crippen LogP contribution in [0.1, 0.15) is 29.1 Å². The summed E-state index contributed by atoms with van der Waals surface area (Å²) in [6.07, 6.45) is 1.82. The van der Waals surface area contributed by atoms with Gasteiger partial charge in [-0.05, 0) is 30.5 Å². The minimum Gasteiger partial charge on any atom is -0.390 e. The van der Waals surface area contributed by atoms with E-state index in [1.807, 2.05) is 17.5 Å². The van der Waals surface area contributed by atoms with Crippen molar-refractivity contribution in [1.29, 1.82) is 0 Å². The molecule has 106 valence electrons. The predicted octanol–water partition coefficient (Wildman–Crippen LogP) is 3.39. The molecule has 0 spiro atoms. The van der Waals surface area contributed by atoms with Crippen molar-refractivity contribution in [1.82, 2.24) is 4.98 Å². The second kappa shape index (κ2) is 5.82. The van der Waals surface area contributed by atoms with Gasteiger partial charge in [0.1, 0.15) is 5.01 Å². The number of ether oxygens (including phenoxy) is 1. The summed E-state index contributed by atoms with van der Waals surface area (Å²) in [7, 11) is 0. The molecule has 0 aliphatic carbocycles. The van der Waals surface area contributed by atoms with Crippen molar-refractivity contribution in [2.75, 3.05) is 13.2 Å². The highest BCUT2D eigenvalue weighted by molar-refractivity contribution is 7.09. The maximum Gasteiger partial charge on any atom is 0.104 e. The molecule has 1 N–H and O–H groups in total. The summed E-state index contributed by atoms with van der Waals surface area (Å²) in [6, 6.07) is 8.00. The van der Waals surface area contributed by atoms with Gasteiger partial charge in [0.25, 0.3) is 0 Å². The molecule has 5 heteroatoms. The molecule has 1 aliphatic rings. The van der Waals surface area contributed by atoms with Gasteiger partial charge in [-0.3, -0.25) is 0 Å². The van der Waals surface area contributed by atoms with E-state index in [1.54, 1.807) is 11.3 Å². The number of rotatable bonds is 3. The molecule has 2 aromatic rings. The first-order valence-electron chi connectivity index (χ1n) is 6.64. The third-order valence-electron chi connectivity index (χ3n) is 3.87. The highest BCUT2D eigenvalue weighted by Gasteiger charge is 2.38. The molecule has 1 aromatic carbocycles. The molecule has 0 radical (unpaired) electrons. The number of benzene rings is 1. The van der Waals surface area contributed by atoms with Crippen LogP contribution < -0.4 is 0 Å². The third-order valence-corrected chi connectivity index (χ3v) is 5.21. The standard InChI is InChI=1S/C15H16ClNO2S/c16-12-3-1-11(2-4-12)15(5-7-19-8-6-15)14-17-13(9-18)10-20-14/h1-4,10,18H,5-9H2. The topological polar surface area (TPSA) is 42.4 Å². The van der Waals surface area contributed by atoms with Gasteiger partial charge in [-0.1, -0.05) is 23.7 Å². The number of hydrogen-bond acceptors (Lipinski definition) is 4. The first-order valence-corrected chi connectivity index (χ1v) is 7.90. The zero-order valence-electron chi connectivity index (χ0n) is 11.0. The zero-order chi connectivity index (χ0) is 14.0. The molecular formula is C15H16ClNO2S. The monoisotopic (exact) mass is 309 g/mol. The fourth-order valence-electron chi connectivity index (χ4n) is 2.71. The number of halogens is 1. The van der Waals surface area contributed by atoms with Gasteiger partial charge < -0.3 is 9.84 Å². The Bertz CT molecular complexity index is 576. The maximum atomic E-state index is 9.24. The van der Waals surface area contributed by atoms with Crippen molar-refractivity contribution in [2.24, 2.45) is 0 Å². The van der Waals surface area contributed by atoms with Gasteiger partial charge in [0.05, 0.1) is 17.7 Å². The van der Waals surface area contributed by atoms with Crippen LogP contribution in [-0.4, -0.2) is 23.3 Å². The molecule has 0 amide bonds. The molecule has 1 aromatic heterocycles. The molecule has 0 atom stereocenters. The highest BCUT2D eigenvalue weighted by Crippen LogP contribution is 2.42. The molecule has 0 unspecified atom stereocenters. The van der Waals surface area contributed by atoms with Crippen LogP contribution in [0.2, 0.25) is 5.02 Å². The predicted molar refractivity (Wildman–Crippen MR) is 80.3 cm³/mol. The molecule has 2 heterocycles. The Morgan fingerprint density at radius 1 is 1.25 bits per heavy atom. The largest absolute Gasteiger partial charge is 0.390 e. The van der Waals surface area contributed by atoms with Crippen LogP contribution >= 0.6 is 22.9 Å². The molecule has 3 nitrogen and oxygen atoms in total. The fraction of sp³-hybridized carbons (Fsp3) is 0.400. The number of nitrogens with zero attached hydrogens (tertiary/aromatic N) is 1. The van der Waals surface area contributed by atoms with Crippen LogP contribution in [0, 0.1) is 0 Å². The smallest absolute Gasteiger partial charge is 0.104 e. The number of hydrogen-bond donors (Lipinski definition) is 1. The molecule has 1 saturated heterocycles. The van der Waals surface area contributed by atoms with Crippen molar-refractivity contribution < 1.29 is 9.84 Å². The number of aromatic nitrogens is 1. The summed E-state index contributed by atoms with van der Waals surface area (Å²) in [5, 5.41) is 13.0. The Morgan fingerprint density at radius 2 is 1.95 bits per heavy atom. The van der Waals surface area contributed by atoms with Gasteiger partial charge in [-0.15, -0.1) is 11.3 Å². The summed E-state index contributed by atoms with van der Waals surface area (Å²) in [6.45, 7) is 1.46. The van der Waals surface area contributed by atoms with E-state index in [2.05, 4.69) is 17.1 Å². The highest BCUT2D eigenvalue weighted by atomic mass is 35.5. The lowest BCUT2D eigenvalue weighted by atomic mass is 9.74. The molecule has 1 aliphatic heterocycles. The second-order valence-corrected chi connectivity index (χ2v) is 6.30. The van der Waals surface area contributed by atoms with Crippen molar-refractivity contribution in [3.8, 4) is 0 Å². The zero-order valence-corrected chi connectivity index (χ0v) is 12.6. The minimum absolute atomic E-state index is 0.0102. The maximum absolute atomic E-state index is 9.24. The van der Waals surface area contributed by atoms with E-state index >= 15 is 0 Å². The van der Waals surface area contributed by atoms with Gasteiger partial charge in [-0.2, -0.15) is 0 Å². The quantitative estimate of drug-likeness (QED) is 0.945.